The van der Waals surface area contributed by atoms with Crippen molar-refractivity contribution in [1.82, 2.24) is 26.2 Å². The van der Waals surface area contributed by atoms with E-state index in [1.54, 1.807) is 39.0 Å². The van der Waals surface area contributed by atoms with Crippen LogP contribution in [-0.4, -0.2) is 91.5 Å². The first kappa shape index (κ1) is 42.8. The molecule has 1 aromatic rings. The molecule has 1 saturated heterocycles. The number of halogens is 3. The van der Waals surface area contributed by atoms with E-state index in [0.29, 0.717) is 32.1 Å². The van der Waals surface area contributed by atoms with E-state index in [-0.39, 0.29) is 29.7 Å². The van der Waals surface area contributed by atoms with Crippen LogP contribution in [0, 0.1) is 22.7 Å². The van der Waals surface area contributed by atoms with Crippen LogP contribution in [0.1, 0.15) is 86.0 Å². The highest BCUT2D eigenvalue weighted by Crippen LogP contribution is 2.65. The van der Waals surface area contributed by atoms with Crippen molar-refractivity contribution >= 4 is 39.4 Å². The first-order valence-electron chi connectivity index (χ1n) is 18.5. The van der Waals surface area contributed by atoms with Crippen molar-refractivity contribution in [3.05, 3.63) is 43.0 Å². The summed E-state index contributed by atoms with van der Waals surface area (Å²) in [4.78, 5) is 69.4. The van der Waals surface area contributed by atoms with Gasteiger partial charge in [0.15, 0.2) is 9.84 Å². The van der Waals surface area contributed by atoms with Crippen LogP contribution in [-0.2, 0) is 29.0 Å². The zero-order chi connectivity index (χ0) is 40.3. The number of Topliss-reactive ketones (excluding diaryl/α,β-unsaturated/α-hetero) is 1. The Morgan fingerprint density at radius 1 is 1.00 bits per heavy atom. The van der Waals surface area contributed by atoms with Gasteiger partial charge in [-0.3, -0.25) is 19.2 Å². The van der Waals surface area contributed by atoms with Gasteiger partial charge in [0, 0.05) is 19.5 Å². The molecule has 12 nitrogen and oxygen atoms in total. The molecule has 54 heavy (non-hydrogen) atoms. The summed E-state index contributed by atoms with van der Waals surface area (Å²) in [5.41, 5.74) is -2.42. The highest BCUT2D eigenvalue weighted by molar-refractivity contribution is 7.91. The second-order valence-electron chi connectivity index (χ2n) is 16.6. The Balaban J connectivity index is 1.56. The number of urea groups is 1. The molecule has 5 atom stereocenters. The quantitative estimate of drug-likeness (QED) is 0.116. The molecule has 1 aliphatic heterocycles. The summed E-state index contributed by atoms with van der Waals surface area (Å²) in [6.45, 7) is 12.6. The smallest absolute Gasteiger partial charge is 0.349 e. The van der Waals surface area contributed by atoms with E-state index >= 15 is 0 Å². The number of nitrogens with one attached hydrogen (secondary N) is 4. The van der Waals surface area contributed by atoms with Crippen LogP contribution < -0.4 is 21.3 Å². The van der Waals surface area contributed by atoms with Crippen LogP contribution in [0.15, 0.2) is 47.9 Å². The van der Waals surface area contributed by atoms with Crippen molar-refractivity contribution < 1.29 is 45.6 Å². The van der Waals surface area contributed by atoms with E-state index in [4.69, 9.17) is 0 Å². The first-order valence-corrected chi connectivity index (χ1v) is 20.2. The van der Waals surface area contributed by atoms with Gasteiger partial charge in [-0.1, -0.05) is 78.2 Å². The van der Waals surface area contributed by atoms with Crippen molar-refractivity contribution in [2.24, 2.45) is 22.7 Å². The summed E-state index contributed by atoms with van der Waals surface area (Å²) < 4.78 is 66.8. The lowest BCUT2D eigenvalue weighted by atomic mass is 9.83. The Morgan fingerprint density at radius 3 is 2.20 bits per heavy atom. The Morgan fingerprint density at radius 2 is 1.63 bits per heavy atom. The third-order valence-corrected chi connectivity index (χ3v) is 13.0. The van der Waals surface area contributed by atoms with E-state index in [0.717, 1.165) is 6.42 Å². The lowest BCUT2D eigenvalue weighted by Crippen LogP contribution is -2.63. The molecular formula is C38H54F3N5O7S. The second kappa shape index (κ2) is 16.4. The van der Waals surface area contributed by atoms with Crippen molar-refractivity contribution in [1.29, 1.82) is 0 Å². The normalized spacial score (nSPS) is 22.9. The first-order chi connectivity index (χ1) is 25.0. The van der Waals surface area contributed by atoms with E-state index < -0.39 is 98.8 Å². The van der Waals surface area contributed by atoms with Gasteiger partial charge in [-0.05, 0) is 60.5 Å². The monoisotopic (exact) mass is 781 g/mol. The number of piperidine rings is 1. The molecule has 0 radical (unpaired) electrons. The average molecular weight is 782 g/mol. The topological polar surface area (TPSA) is 171 Å². The molecule has 300 valence electrons. The van der Waals surface area contributed by atoms with Crippen LogP contribution in [0.3, 0.4) is 0 Å². The third-order valence-electron chi connectivity index (χ3n) is 11.1. The number of benzene rings is 1. The van der Waals surface area contributed by atoms with Crippen molar-refractivity contribution in [3.8, 4) is 0 Å². The SMILES string of the molecule is C=CCCNC(=O)C(=O)C(CCC(F)(F)F)NC(=O)[C@@H]1C2C(CN1C(=O)[C@@H](NC(=O)NC1(CS(=O)(=O)c3ccccc3)CCCCC1)C(C)(C)C)C2(C)C. The zero-order valence-corrected chi connectivity index (χ0v) is 32.5. The number of carbonyl (C=O) groups excluding carboxylic acids is 5. The largest absolute Gasteiger partial charge is 0.389 e. The lowest BCUT2D eigenvalue weighted by Gasteiger charge is -2.40. The van der Waals surface area contributed by atoms with Gasteiger partial charge in [-0.2, -0.15) is 13.2 Å². The number of fused-ring (bicyclic) bond motifs is 1. The number of carbonyl (C=O) groups is 5. The molecule has 16 heteroatoms. The van der Waals surface area contributed by atoms with Gasteiger partial charge >= 0.3 is 12.2 Å². The van der Waals surface area contributed by atoms with Crippen molar-refractivity contribution in [3.63, 3.8) is 0 Å². The number of ketones is 1. The number of nitrogens with zero attached hydrogens (tertiary/aromatic N) is 1. The van der Waals surface area contributed by atoms with E-state index in [2.05, 4.69) is 27.8 Å². The second-order valence-corrected chi connectivity index (χ2v) is 18.6. The van der Waals surface area contributed by atoms with Crippen molar-refractivity contribution in [2.45, 2.75) is 121 Å². The van der Waals surface area contributed by atoms with Crippen molar-refractivity contribution in [2.75, 3.05) is 18.8 Å². The summed E-state index contributed by atoms with van der Waals surface area (Å²) in [6, 6.07) is 3.00. The predicted octanol–water partition coefficient (Wildman–Crippen LogP) is 4.45. The van der Waals surface area contributed by atoms with Crippen LogP contribution >= 0.6 is 0 Å². The van der Waals surface area contributed by atoms with E-state index in [1.807, 2.05) is 13.8 Å². The molecule has 1 heterocycles. The molecule has 3 unspecified atom stereocenters. The molecule has 3 aliphatic rings. The minimum absolute atomic E-state index is 0.0234. The van der Waals surface area contributed by atoms with Gasteiger partial charge in [0.2, 0.25) is 17.6 Å². The highest BCUT2D eigenvalue weighted by atomic mass is 32.2. The fourth-order valence-electron chi connectivity index (χ4n) is 8.01. The summed E-state index contributed by atoms with van der Waals surface area (Å²) in [7, 11) is -3.80. The van der Waals surface area contributed by atoms with Crippen LogP contribution in [0.2, 0.25) is 0 Å². The number of alkyl halides is 3. The van der Waals surface area contributed by atoms with E-state index in [9.17, 15) is 45.6 Å². The standard InChI is InChI=1S/C38H54F3N5O7S/c1-7-8-21-42-32(49)29(47)26(17-20-38(39,40)41)43-31(48)28-27-25(36(27,5)6)22-46(28)33(50)30(35(2,3)4)44-34(51)45-37(18-13-10-14-19-37)23-54(52,53)24-15-11-9-12-16-24/h7,9,11-12,15-16,25-28,30H,1,8,10,13-14,17-23H2,2-6H3,(H,42,49)(H,43,48)(H2,44,45,51)/t25?,26?,27?,28-,30+/m0/s1. The Hall–Kier alpha value is -3.95. The number of sulfone groups is 1. The fraction of sp³-hybridized carbons (Fsp3) is 0.658. The maximum absolute atomic E-state index is 14.5. The molecule has 2 saturated carbocycles. The summed E-state index contributed by atoms with van der Waals surface area (Å²) in [5, 5.41) is 10.4. The number of hydrogen-bond acceptors (Lipinski definition) is 7. The van der Waals surface area contributed by atoms with Gasteiger partial charge in [-0.25, -0.2) is 13.2 Å². The molecule has 4 rings (SSSR count). The minimum atomic E-state index is -4.67. The Labute approximate surface area is 315 Å². The molecule has 1 aromatic carbocycles. The third kappa shape index (κ3) is 10.2. The van der Waals surface area contributed by atoms with Gasteiger partial charge in [0.1, 0.15) is 12.1 Å². The lowest BCUT2D eigenvalue weighted by molar-refractivity contribution is -0.148. The van der Waals surface area contributed by atoms with Gasteiger partial charge < -0.3 is 26.2 Å². The Kier molecular flexibility index (Phi) is 13.0. The average Bonchev–Trinajstić information content (AvgIpc) is 3.38. The molecule has 2 aliphatic carbocycles. The predicted molar refractivity (Wildman–Crippen MR) is 196 cm³/mol. The van der Waals surface area contributed by atoms with Crippen LogP contribution in [0.25, 0.3) is 0 Å². The molecular weight excluding hydrogens is 728 g/mol. The van der Waals surface area contributed by atoms with E-state index in [1.165, 1.54) is 23.1 Å². The number of amides is 5. The molecule has 3 fully saturated rings. The fourth-order valence-corrected chi connectivity index (χ4v) is 9.84. The molecule has 4 N–H and O–H groups in total. The zero-order valence-electron chi connectivity index (χ0n) is 31.7. The van der Waals surface area contributed by atoms with Crippen LogP contribution in [0.4, 0.5) is 18.0 Å². The molecule has 0 aromatic heterocycles. The summed E-state index contributed by atoms with van der Waals surface area (Å²) in [5.74, 6) is -4.75. The summed E-state index contributed by atoms with van der Waals surface area (Å²) in [6.07, 6.45) is -2.11. The number of likely N-dealkylation sites (tertiary alicyclic amines) is 1. The number of rotatable bonds is 15. The van der Waals surface area contributed by atoms with Gasteiger partial charge in [0.05, 0.1) is 22.2 Å². The Bertz CT molecular complexity index is 1690. The molecule has 0 bridgehead atoms. The maximum Gasteiger partial charge on any atom is 0.389 e. The molecule has 5 amide bonds. The maximum atomic E-state index is 14.5. The van der Waals surface area contributed by atoms with Gasteiger partial charge in [0.25, 0.3) is 5.91 Å². The highest BCUT2D eigenvalue weighted by Gasteiger charge is 2.70. The van der Waals surface area contributed by atoms with Crippen LogP contribution in [0.5, 0.6) is 0 Å². The van der Waals surface area contributed by atoms with Gasteiger partial charge in [-0.15, -0.1) is 6.58 Å². The minimum Gasteiger partial charge on any atom is -0.349 e. The molecule has 0 spiro atoms. The number of hydrogen-bond donors (Lipinski definition) is 4. The summed E-state index contributed by atoms with van der Waals surface area (Å²) >= 11 is 0.